The minimum atomic E-state index is 0.122. The SMILES string of the molecule is CCCCCCCN(CCCO)C(=O)CCN. The summed E-state index contributed by atoms with van der Waals surface area (Å²) in [4.78, 5) is 13.6. The summed E-state index contributed by atoms with van der Waals surface area (Å²) in [5.41, 5.74) is 5.39. The van der Waals surface area contributed by atoms with E-state index in [4.69, 9.17) is 10.8 Å². The van der Waals surface area contributed by atoms with Crippen molar-refractivity contribution in [3.05, 3.63) is 0 Å². The van der Waals surface area contributed by atoms with Gasteiger partial charge in [-0.25, -0.2) is 0 Å². The summed E-state index contributed by atoms with van der Waals surface area (Å²) in [6, 6.07) is 0. The van der Waals surface area contributed by atoms with Crippen molar-refractivity contribution in [3.63, 3.8) is 0 Å². The number of aliphatic hydroxyl groups is 1. The zero-order chi connectivity index (χ0) is 12.9. The van der Waals surface area contributed by atoms with Crippen molar-refractivity contribution in [3.8, 4) is 0 Å². The van der Waals surface area contributed by atoms with Crippen molar-refractivity contribution < 1.29 is 9.90 Å². The summed E-state index contributed by atoms with van der Waals surface area (Å²) in [5.74, 6) is 0.122. The van der Waals surface area contributed by atoms with Crippen molar-refractivity contribution >= 4 is 5.91 Å². The van der Waals surface area contributed by atoms with E-state index >= 15 is 0 Å². The lowest BCUT2D eigenvalue weighted by Crippen LogP contribution is -2.34. The topological polar surface area (TPSA) is 66.6 Å². The fourth-order valence-electron chi connectivity index (χ4n) is 1.81. The molecule has 3 N–H and O–H groups in total. The number of carbonyl (C=O) groups excluding carboxylic acids is 1. The van der Waals surface area contributed by atoms with Gasteiger partial charge in [0.15, 0.2) is 0 Å². The second kappa shape index (κ2) is 11.9. The van der Waals surface area contributed by atoms with E-state index in [1.165, 1.54) is 25.7 Å². The molecule has 0 bridgehead atoms. The first-order valence-corrected chi connectivity index (χ1v) is 6.85. The maximum atomic E-state index is 11.7. The molecule has 0 saturated heterocycles. The first kappa shape index (κ1) is 16.4. The summed E-state index contributed by atoms with van der Waals surface area (Å²) >= 11 is 0. The fourth-order valence-corrected chi connectivity index (χ4v) is 1.81. The van der Waals surface area contributed by atoms with Crippen molar-refractivity contribution in [1.29, 1.82) is 0 Å². The molecule has 0 atom stereocenters. The Labute approximate surface area is 105 Å². The van der Waals surface area contributed by atoms with E-state index < -0.39 is 0 Å². The predicted octanol–water partition coefficient (Wildman–Crippen LogP) is 1.52. The van der Waals surface area contributed by atoms with Crippen molar-refractivity contribution in [2.24, 2.45) is 5.73 Å². The highest BCUT2D eigenvalue weighted by Gasteiger charge is 2.11. The minimum Gasteiger partial charge on any atom is -0.396 e. The number of carbonyl (C=O) groups is 1. The van der Waals surface area contributed by atoms with Gasteiger partial charge < -0.3 is 15.7 Å². The number of nitrogens with two attached hydrogens (primary N) is 1. The summed E-state index contributed by atoms with van der Waals surface area (Å²) in [7, 11) is 0. The molecule has 0 aliphatic rings. The first-order valence-electron chi connectivity index (χ1n) is 6.85. The third kappa shape index (κ3) is 9.12. The molecule has 0 aliphatic heterocycles. The Hall–Kier alpha value is -0.610. The number of rotatable bonds is 11. The lowest BCUT2D eigenvalue weighted by atomic mass is 10.1. The van der Waals surface area contributed by atoms with Gasteiger partial charge in [-0.3, -0.25) is 4.79 Å². The quantitative estimate of drug-likeness (QED) is 0.541. The summed E-state index contributed by atoms with van der Waals surface area (Å²) in [6.45, 7) is 4.20. The Balaban J connectivity index is 3.80. The Kier molecular flexibility index (Phi) is 11.4. The molecule has 1 amide bonds. The van der Waals surface area contributed by atoms with Gasteiger partial charge in [0.2, 0.25) is 5.91 Å². The van der Waals surface area contributed by atoms with Crippen LogP contribution in [0.3, 0.4) is 0 Å². The zero-order valence-electron chi connectivity index (χ0n) is 11.2. The average Bonchev–Trinajstić information content (AvgIpc) is 2.33. The molecule has 0 unspecified atom stereocenters. The average molecular weight is 244 g/mol. The van der Waals surface area contributed by atoms with Gasteiger partial charge in [0.1, 0.15) is 0 Å². The molecule has 4 heteroatoms. The van der Waals surface area contributed by atoms with E-state index in [2.05, 4.69) is 6.92 Å². The third-order valence-corrected chi connectivity index (χ3v) is 2.83. The lowest BCUT2D eigenvalue weighted by Gasteiger charge is -2.22. The molecule has 0 aliphatic carbocycles. The van der Waals surface area contributed by atoms with Crippen LogP contribution in [0.25, 0.3) is 0 Å². The Bertz CT molecular complexity index is 186. The van der Waals surface area contributed by atoms with Crippen LogP contribution in [0.5, 0.6) is 0 Å². The highest BCUT2D eigenvalue weighted by atomic mass is 16.3. The molecule has 0 saturated carbocycles. The van der Waals surface area contributed by atoms with Crippen LogP contribution in [0.4, 0.5) is 0 Å². The Morgan fingerprint density at radius 2 is 1.76 bits per heavy atom. The van der Waals surface area contributed by atoms with Crippen molar-refractivity contribution in [1.82, 2.24) is 4.90 Å². The smallest absolute Gasteiger partial charge is 0.223 e. The number of nitrogens with zero attached hydrogens (tertiary/aromatic N) is 1. The van der Waals surface area contributed by atoms with E-state index in [0.29, 0.717) is 25.9 Å². The number of aliphatic hydroxyl groups excluding tert-OH is 1. The van der Waals surface area contributed by atoms with Crippen LogP contribution in [-0.4, -0.2) is 42.2 Å². The monoisotopic (exact) mass is 244 g/mol. The van der Waals surface area contributed by atoms with Gasteiger partial charge in [0.05, 0.1) is 0 Å². The van der Waals surface area contributed by atoms with Crippen LogP contribution in [0, 0.1) is 0 Å². The fraction of sp³-hybridized carbons (Fsp3) is 0.923. The molecule has 0 aromatic rings. The molecular formula is C13H28N2O2. The Morgan fingerprint density at radius 1 is 1.12 bits per heavy atom. The normalized spacial score (nSPS) is 10.5. The molecule has 0 fully saturated rings. The number of hydrogen-bond acceptors (Lipinski definition) is 3. The van der Waals surface area contributed by atoms with Gasteiger partial charge in [-0.2, -0.15) is 0 Å². The van der Waals surface area contributed by atoms with Gasteiger partial charge in [-0.05, 0) is 12.8 Å². The molecule has 0 heterocycles. The molecule has 0 aromatic carbocycles. The molecular weight excluding hydrogens is 216 g/mol. The Morgan fingerprint density at radius 3 is 2.35 bits per heavy atom. The van der Waals surface area contributed by atoms with E-state index in [-0.39, 0.29) is 12.5 Å². The molecule has 4 nitrogen and oxygen atoms in total. The van der Waals surface area contributed by atoms with Gasteiger partial charge in [-0.1, -0.05) is 32.6 Å². The van der Waals surface area contributed by atoms with Crippen LogP contribution in [0.15, 0.2) is 0 Å². The van der Waals surface area contributed by atoms with Crippen LogP contribution >= 0.6 is 0 Å². The lowest BCUT2D eigenvalue weighted by molar-refractivity contribution is -0.131. The first-order chi connectivity index (χ1) is 8.26. The number of amides is 1. The molecule has 0 spiro atoms. The molecule has 0 radical (unpaired) electrons. The van der Waals surface area contributed by atoms with Crippen molar-refractivity contribution in [2.75, 3.05) is 26.2 Å². The molecule has 0 aromatic heterocycles. The third-order valence-electron chi connectivity index (χ3n) is 2.83. The molecule has 17 heavy (non-hydrogen) atoms. The van der Waals surface area contributed by atoms with Crippen molar-refractivity contribution in [2.45, 2.75) is 51.9 Å². The maximum Gasteiger partial charge on any atom is 0.223 e. The van der Waals surface area contributed by atoms with E-state index in [0.717, 1.165) is 13.0 Å². The van der Waals surface area contributed by atoms with Crippen LogP contribution in [0.1, 0.15) is 51.9 Å². The van der Waals surface area contributed by atoms with Gasteiger partial charge in [0.25, 0.3) is 0 Å². The molecule has 0 rings (SSSR count). The molecule has 102 valence electrons. The van der Waals surface area contributed by atoms with E-state index in [1.807, 2.05) is 4.90 Å². The van der Waals surface area contributed by atoms with Gasteiger partial charge in [-0.15, -0.1) is 0 Å². The van der Waals surface area contributed by atoms with E-state index in [1.54, 1.807) is 0 Å². The zero-order valence-corrected chi connectivity index (χ0v) is 11.2. The number of hydrogen-bond donors (Lipinski definition) is 2. The van der Waals surface area contributed by atoms with Gasteiger partial charge >= 0.3 is 0 Å². The highest BCUT2D eigenvalue weighted by Crippen LogP contribution is 2.05. The number of unbranched alkanes of at least 4 members (excludes halogenated alkanes) is 4. The highest BCUT2D eigenvalue weighted by molar-refractivity contribution is 5.76. The largest absolute Gasteiger partial charge is 0.396 e. The standard InChI is InChI=1S/C13H28N2O2/c1-2-3-4-5-6-10-15(11-7-12-16)13(17)8-9-14/h16H,2-12,14H2,1H3. The predicted molar refractivity (Wildman–Crippen MR) is 70.7 cm³/mol. The van der Waals surface area contributed by atoms with Gasteiger partial charge in [0, 0.05) is 32.7 Å². The van der Waals surface area contributed by atoms with Crippen LogP contribution in [0.2, 0.25) is 0 Å². The maximum absolute atomic E-state index is 11.7. The van der Waals surface area contributed by atoms with E-state index in [9.17, 15) is 4.79 Å². The summed E-state index contributed by atoms with van der Waals surface area (Å²) in [5, 5.41) is 8.81. The summed E-state index contributed by atoms with van der Waals surface area (Å²) in [6.07, 6.45) is 7.07. The summed E-state index contributed by atoms with van der Waals surface area (Å²) < 4.78 is 0. The second-order valence-corrected chi connectivity index (χ2v) is 4.41. The van der Waals surface area contributed by atoms with Crippen LogP contribution in [-0.2, 0) is 4.79 Å². The minimum absolute atomic E-state index is 0.122. The second-order valence-electron chi connectivity index (χ2n) is 4.41. The van der Waals surface area contributed by atoms with Crippen LogP contribution < -0.4 is 5.73 Å².